The number of hydrazone groups is 1. The highest BCUT2D eigenvalue weighted by Crippen LogP contribution is 2.25. The number of carbonyl (C=O) groups excluding carboxylic acids is 1. The van der Waals surface area contributed by atoms with Gasteiger partial charge in [-0.05, 0) is 74.0 Å². The van der Waals surface area contributed by atoms with E-state index in [1.54, 1.807) is 30.5 Å². The summed E-state index contributed by atoms with van der Waals surface area (Å²) < 4.78 is 21.0. The predicted octanol–water partition coefficient (Wildman–Crippen LogP) is 6.81. The summed E-state index contributed by atoms with van der Waals surface area (Å²) >= 11 is 12.2. The number of nitrogens with zero attached hydrogens (tertiary/aromatic N) is 2. The number of carbonyl (C=O) groups is 1. The standard InChI is InChI=1S/C28H24Cl2FN3O2/c1-18-13-22(16-32-33-28(35)14-20-3-7-24(31)8-4-20)19(2)34(18)25-9-11-26(12-10-25)36-17-21-5-6-23(29)15-27(21)30/h3-13,15-16H,14,17H2,1-2H3,(H,33,35)/b32-16+. The Bertz CT molecular complexity index is 1400. The average Bonchev–Trinajstić information content (AvgIpc) is 3.13. The van der Waals surface area contributed by atoms with Gasteiger partial charge in [0, 0.05) is 38.2 Å². The molecule has 8 heteroatoms. The van der Waals surface area contributed by atoms with E-state index in [0.717, 1.165) is 34.0 Å². The normalized spacial score (nSPS) is 11.1. The van der Waals surface area contributed by atoms with Gasteiger partial charge in [0.05, 0.1) is 12.6 Å². The van der Waals surface area contributed by atoms with Crippen LogP contribution >= 0.6 is 23.2 Å². The molecule has 0 atom stereocenters. The van der Waals surface area contributed by atoms with E-state index in [-0.39, 0.29) is 18.1 Å². The summed E-state index contributed by atoms with van der Waals surface area (Å²) in [6.07, 6.45) is 1.74. The number of ether oxygens (including phenoxy) is 1. The SMILES string of the molecule is Cc1cc(/C=N/NC(=O)Cc2ccc(F)cc2)c(C)n1-c1ccc(OCc2ccc(Cl)cc2Cl)cc1. The minimum atomic E-state index is -0.336. The number of benzene rings is 3. The first-order chi connectivity index (χ1) is 17.3. The minimum Gasteiger partial charge on any atom is -0.489 e. The van der Waals surface area contributed by atoms with Gasteiger partial charge in [-0.15, -0.1) is 0 Å². The zero-order valence-electron chi connectivity index (χ0n) is 19.8. The number of halogens is 3. The van der Waals surface area contributed by atoms with E-state index in [2.05, 4.69) is 15.1 Å². The van der Waals surface area contributed by atoms with Crippen LogP contribution in [-0.2, 0) is 17.8 Å². The third-order valence-electron chi connectivity index (χ3n) is 5.65. The highest BCUT2D eigenvalue weighted by atomic mass is 35.5. The second-order valence-corrected chi connectivity index (χ2v) is 9.12. The zero-order chi connectivity index (χ0) is 25.7. The van der Waals surface area contributed by atoms with E-state index < -0.39 is 0 Å². The predicted molar refractivity (Wildman–Crippen MR) is 142 cm³/mol. The molecule has 0 fully saturated rings. The Labute approximate surface area is 219 Å². The van der Waals surface area contributed by atoms with E-state index in [9.17, 15) is 9.18 Å². The van der Waals surface area contributed by atoms with Crippen LogP contribution in [0, 0.1) is 19.7 Å². The Balaban J connectivity index is 1.38. The van der Waals surface area contributed by atoms with Gasteiger partial charge in [-0.3, -0.25) is 4.79 Å². The minimum absolute atomic E-state index is 0.120. The van der Waals surface area contributed by atoms with Gasteiger partial charge < -0.3 is 9.30 Å². The van der Waals surface area contributed by atoms with Gasteiger partial charge in [0.2, 0.25) is 5.91 Å². The Morgan fingerprint density at radius 2 is 1.75 bits per heavy atom. The molecule has 4 aromatic rings. The van der Waals surface area contributed by atoms with Crippen molar-refractivity contribution in [2.45, 2.75) is 26.9 Å². The maximum Gasteiger partial charge on any atom is 0.244 e. The molecule has 0 aliphatic carbocycles. The molecule has 0 radical (unpaired) electrons. The summed E-state index contributed by atoms with van der Waals surface area (Å²) in [5, 5.41) is 5.25. The lowest BCUT2D eigenvalue weighted by molar-refractivity contribution is -0.120. The molecule has 0 saturated carbocycles. The first-order valence-electron chi connectivity index (χ1n) is 11.2. The second-order valence-electron chi connectivity index (χ2n) is 8.28. The largest absolute Gasteiger partial charge is 0.489 e. The molecular weight excluding hydrogens is 500 g/mol. The summed E-state index contributed by atoms with van der Waals surface area (Å²) in [5.41, 5.74) is 7.95. The molecular formula is C28H24Cl2FN3O2. The van der Waals surface area contributed by atoms with Gasteiger partial charge in [0.1, 0.15) is 18.2 Å². The lowest BCUT2D eigenvalue weighted by Crippen LogP contribution is -2.19. The maximum absolute atomic E-state index is 13.0. The van der Waals surface area contributed by atoms with Crippen LogP contribution in [0.25, 0.3) is 5.69 Å². The Morgan fingerprint density at radius 3 is 2.44 bits per heavy atom. The fourth-order valence-corrected chi connectivity index (χ4v) is 4.27. The van der Waals surface area contributed by atoms with Crippen molar-refractivity contribution >= 4 is 35.3 Å². The van der Waals surface area contributed by atoms with Crippen LogP contribution in [0.4, 0.5) is 4.39 Å². The summed E-state index contributed by atoms with van der Waals surface area (Å²) in [6, 6.07) is 20.9. The van der Waals surface area contributed by atoms with Crippen molar-refractivity contribution in [2.75, 3.05) is 0 Å². The van der Waals surface area contributed by atoms with Crippen LogP contribution in [0.5, 0.6) is 5.75 Å². The van der Waals surface area contributed by atoms with Crippen molar-refractivity contribution in [1.82, 2.24) is 9.99 Å². The number of hydrogen-bond acceptors (Lipinski definition) is 3. The van der Waals surface area contributed by atoms with Crippen LogP contribution in [0.1, 0.15) is 28.1 Å². The van der Waals surface area contributed by atoms with Gasteiger partial charge in [-0.1, -0.05) is 41.4 Å². The molecule has 0 saturated heterocycles. The fraction of sp³-hybridized carbons (Fsp3) is 0.143. The van der Waals surface area contributed by atoms with Crippen LogP contribution in [0.3, 0.4) is 0 Å². The topological polar surface area (TPSA) is 55.6 Å². The molecule has 0 aliphatic rings. The molecule has 36 heavy (non-hydrogen) atoms. The van der Waals surface area contributed by atoms with Gasteiger partial charge in [0.15, 0.2) is 0 Å². The average molecular weight is 524 g/mol. The van der Waals surface area contributed by atoms with E-state index >= 15 is 0 Å². The molecule has 0 bridgehead atoms. The molecule has 3 aromatic carbocycles. The molecule has 1 N–H and O–H groups in total. The molecule has 0 spiro atoms. The maximum atomic E-state index is 13.0. The van der Waals surface area contributed by atoms with Crippen molar-refractivity contribution < 1.29 is 13.9 Å². The highest BCUT2D eigenvalue weighted by Gasteiger charge is 2.10. The van der Waals surface area contributed by atoms with Crippen molar-refractivity contribution in [3.63, 3.8) is 0 Å². The lowest BCUT2D eigenvalue weighted by atomic mass is 10.1. The van der Waals surface area contributed by atoms with Crippen LogP contribution < -0.4 is 10.2 Å². The molecule has 5 nitrogen and oxygen atoms in total. The smallest absolute Gasteiger partial charge is 0.244 e. The van der Waals surface area contributed by atoms with Crippen LogP contribution in [0.15, 0.2) is 77.9 Å². The molecule has 1 amide bonds. The Hall–Kier alpha value is -3.61. The van der Waals surface area contributed by atoms with E-state index in [4.69, 9.17) is 27.9 Å². The Kier molecular flexibility index (Phi) is 8.08. The number of amides is 1. The number of hydrogen-bond donors (Lipinski definition) is 1. The second kappa shape index (κ2) is 11.4. The summed E-state index contributed by atoms with van der Waals surface area (Å²) in [6.45, 7) is 4.33. The number of aromatic nitrogens is 1. The molecule has 0 aliphatic heterocycles. The fourth-order valence-electron chi connectivity index (χ4n) is 3.81. The summed E-state index contributed by atoms with van der Waals surface area (Å²) in [5.74, 6) is 0.109. The van der Waals surface area contributed by atoms with E-state index in [0.29, 0.717) is 22.2 Å². The van der Waals surface area contributed by atoms with E-state index in [1.165, 1.54) is 12.1 Å². The van der Waals surface area contributed by atoms with Crippen molar-refractivity contribution in [3.8, 4) is 11.4 Å². The molecule has 184 valence electrons. The lowest BCUT2D eigenvalue weighted by Gasteiger charge is -2.12. The van der Waals surface area contributed by atoms with Gasteiger partial charge in [-0.25, -0.2) is 9.82 Å². The highest BCUT2D eigenvalue weighted by molar-refractivity contribution is 6.35. The number of rotatable bonds is 8. The molecule has 4 rings (SSSR count). The number of nitrogens with one attached hydrogen (secondary N) is 1. The number of aryl methyl sites for hydroxylation is 1. The molecule has 1 heterocycles. The van der Waals surface area contributed by atoms with Gasteiger partial charge in [0.25, 0.3) is 0 Å². The first kappa shape index (κ1) is 25.5. The Morgan fingerprint density at radius 1 is 1.03 bits per heavy atom. The van der Waals surface area contributed by atoms with Crippen LogP contribution in [-0.4, -0.2) is 16.7 Å². The molecule has 0 unspecified atom stereocenters. The summed E-state index contributed by atoms with van der Waals surface area (Å²) in [7, 11) is 0. The summed E-state index contributed by atoms with van der Waals surface area (Å²) in [4.78, 5) is 12.1. The first-order valence-corrected chi connectivity index (χ1v) is 12.0. The van der Waals surface area contributed by atoms with E-state index in [1.807, 2.05) is 50.2 Å². The third-order valence-corrected chi connectivity index (χ3v) is 6.23. The van der Waals surface area contributed by atoms with Crippen molar-refractivity contribution in [3.05, 3.63) is 117 Å². The zero-order valence-corrected chi connectivity index (χ0v) is 21.3. The monoisotopic (exact) mass is 523 g/mol. The third kappa shape index (κ3) is 6.33. The van der Waals surface area contributed by atoms with Gasteiger partial charge in [-0.2, -0.15) is 5.10 Å². The van der Waals surface area contributed by atoms with Gasteiger partial charge >= 0.3 is 0 Å². The quantitative estimate of drug-likeness (QED) is 0.203. The van der Waals surface area contributed by atoms with Crippen molar-refractivity contribution in [2.24, 2.45) is 5.10 Å². The molecule has 1 aromatic heterocycles. The van der Waals surface area contributed by atoms with Crippen LogP contribution in [0.2, 0.25) is 10.0 Å². The van der Waals surface area contributed by atoms with Crippen molar-refractivity contribution in [1.29, 1.82) is 0 Å².